The maximum atomic E-state index is 12.4. The average molecular weight is 162 g/mol. The van der Waals surface area contributed by atoms with E-state index in [9.17, 15) is 9.18 Å². The molecule has 0 saturated heterocycles. The number of hydrogen-bond acceptors (Lipinski definition) is 1. The van der Waals surface area contributed by atoms with Crippen LogP contribution in [-0.4, -0.2) is 17.2 Å². The Labute approximate surface area is 66.4 Å². The molecule has 3 heteroatoms. The van der Waals surface area contributed by atoms with E-state index in [1.54, 1.807) is 0 Å². The van der Waals surface area contributed by atoms with Crippen molar-refractivity contribution in [1.29, 1.82) is 0 Å². The Morgan fingerprint density at radius 1 is 1.64 bits per heavy atom. The van der Waals surface area contributed by atoms with Crippen LogP contribution < -0.4 is 0 Å². The molecule has 0 spiro atoms. The second-order valence-corrected chi connectivity index (χ2v) is 2.84. The molecule has 0 aliphatic carbocycles. The van der Waals surface area contributed by atoms with Crippen LogP contribution >= 0.6 is 0 Å². The molecule has 2 unspecified atom stereocenters. The molecule has 0 saturated carbocycles. The van der Waals surface area contributed by atoms with Crippen LogP contribution in [0.3, 0.4) is 0 Å². The topological polar surface area (TPSA) is 37.3 Å². The van der Waals surface area contributed by atoms with Crippen molar-refractivity contribution in [3.05, 3.63) is 0 Å². The largest absolute Gasteiger partial charge is 0.481 e. The van der Waals surface area contributed by atoms with Crippen molar-refractivity contribution in [2.24, 2.45) is 5.92 Å². The van der Waals surface area contributed by atoms with Crippen LogP contribution in [0.4, 0.5) is 4.39 Å². The van der Waals surface area contributed by atoms with Crippen LogP contribution in [0.1, 0.15) is 33.1 Å². The molecule has 0 fully saturated rings. The van der Waals surface area contributed by atoms with Crippen molar-refractivity contribution in [3.63, 3.8) is 0 Å². The van der Waals surface area contributed by atoms with Crippen molar-refractivity contribution < 1.29 is 14.3 Å². The molecule has 0 rings (SSSR count). The zero-order chi connectivity index (χ0) is 8.85. The van der Waals surface area contributed by atoms with Crippen LogP contribution in [0.25, 0.3) is 0 Å². The molecule has 0 aromatic carbocycles. The van der Waals surface area contributed by atoms with Crippen LogP contribution in [0.2, 0.25) is 0 Å². The molecule has 0 amide bonds. The number of carboxylic acids is 1. The lowest BCUT2D eigenvalue weighted by Gasteiger charge is -2.10. The first-order chi connectivity index (χ1) is 5.07. The summed E-state index contributed by atoms with van der Waals surface area (Å²) in [5.41, 5.74) is 0. The fourth-order valence-electron chi connectivity index (χ4n) is 1.08. The van der Waals surface area contributed by atoms with Crippen molar-refractivity contribution in [2.75, 3.05) is 0 Å². The van der Waals surface area contributed by atoms with Crippen LogP contribution in [0.15, 0.2) is 0 Å². The molecule has 0 bridgehead atoms. The number of rotatable bonds is 5. The predicted octanol–water partition coefficient (Wildman–Crippen LogP) is 2.24. The molecule has 0 radical (unpaired) electrons. The molecule has 0 aromatic rings. The first kappa shape index (κ1) is 10.4. The van der Waals surface area contributed by atoms with Gasteiger partial charge in [0.2, 0.25) is 0 Å². The highest BCUT2D eigenvalue weighted by Gasteiger charge is 2.18. The van der Waals surface area contributed by atoms with E-state index in [1.807, 2.05) is 6.92 Å². The van der Waals surface area contributed by atoms with E-state index in [0.29, 0.717) is 6.42 Å². The van der Waals surface area contributed by atoms with Crippen molar-refractivity contribution >= 4 is 5.97 Å². The second-order valence-electron chi connectivity index (χ2n) is 2.84. The highest BCUT2D eigenvalue weighted by Crippen LogP contribution is 2.15. The Kier molecular flexibility index (Phi) is 4.83. The standard InChI is InChI=1S/C8H15FO2/c1-3-4-7(8(10)11)5-6(2)9/h6-7H,3-5H2,1-2H3,(H,10,11). The Morgan fingerprint density at radius 3 is 2.45 bits per heavy atom. The van der Waals surface area contributed by atoms with Gasteiger partial charge in [-0.15, -0.1) is 0 Å². The quantitative estimate of drug-likeness (QED) is 0.673. The summed E-state index contributed by atoms with van der Waals surface area (Å²) < 4.78 is 12.4. The van der Waals surface area contributed by atoms with Gasteiger partial charge in [-0.3, -0.25) is 4.79 Å². The molecule has 0 aliphatic heterocycles. The van der Waals surface area contributed by atoms with Gasteiger partial charge >= 0.3 is 5.97 Å². The van der Waals surface area contributed by atoms with Crippen LogP contribution in [0.5, 0.6) is 0 Å². The van der Waals surface area contributed by atoms with E-state index in [1.165, 1.54) is 6.92 Å². The molecule has 2 atom stereocenters. The number of aliphatic carboxylic acids is 1. The molecular formula is C8H15FO2. The molecule has 1 N–H and O–H groups in total. The highest BCUT2D eigenvalue weighted by atomic mass is 19.1. The lowest BCUT2D eigenvalue weighted by Crippen LogP contribution is -2.16. The van der Waals surface area contributed by atoms with E-state index in [4.69, 9.17) is 5.11 Å². The number of hydrogen-bond donors (Lipinski definition) is 1. The van der Waals surface area contributed by atoms with Crippen molar-refractivity contribution in [2.45, 2.75) is 39.3 Å². The lowest BCUT2D eigenvalue weighted by atomic mass is 9.98. The van der Waals surface area contributed by atoms with Gasteiger partial charge in [0.05, 0.1) is 12.1 Å². The SMILES string of the molecule is CCCC(CC(C)F)C(=O)O. The second kappa shape index (κ2) is 5.10. The van der Waals surface area contributed by atoms with Crippen LogP contribution in [-0.2, 0) is 4.79 Å². The third-order valence-electron chi connectivity index (χ3n) is 1.60. The predicted molar refractivity (Wildman–Crippen MR) is 41.2 cm³/mol. The van der Waals surface area contributed by atoms with Crippen molar-refractivity contribution in [3.8, 4) is 0 Å². The first-order valence-corrected chi connectivity index (χ1v) is 3.94. The highest BCUT2D eigenvalue weighted by molar-refractivity contribution is 5.69. The van der Waals surface area contributed by atoms with E-state index >= 15 is 0 Å². The number of carboxylic acid groups (broad SMARTS) is 1. The van der Waals surface area contributed by atoms with E-state index < -0.39 is 18.1 Å². The minimum Gasteiger partial charge on any atom is -0.481 e. The van der Waals surface area contributed by atoms with Gasteiger partial charge in [0, 0.05) is 0 Å². The molecule has 11 heavy (non-hydrogen) atoms. The minimum atomic E-state index is -1.01. The Balaban J connectivity index is 3.79. The van der Waals surface area contributed by atoms with Gasteiger partial charge < -0.3 is 5.11 Å². The normalized spacial score (nSPS) is 15.9. The summed E-state index contributed by atoms with van der Waals surface area (Å²) in [5, 5.41) is 8.59. The Hall–Kier alpha value is -0.600. The Morgan fingerprint density at radius 2 is 2.18 bits per heavy atom. The molecule has 66 valence electrons. The van der Waals surface area contributed by atoms with Crippen molar-refractivity contribution in [1.82, 2.24) is 0 Å². The summed E-state index contributed by atoms with van der Waals surface area (Å²) in [5.74, 6) is -1.38. The molecule has 2 nitrogen and oxygen atoms in total. The maximum absolute atomic E-state index is 12.4. The van der Waals surface area contributed by atoms with Gasteiger partial charge in [-0.05, 0) is 19.8 Å². The summed E-state index contributed by atoms with van der Waals surface area (Å²) in [6.45, 7) is 3.30. The molecular weight excluding hydrogens is 147 g/mol. The summed E-state index contributed by atoms with van der Waals surface area (Å²) in [4.78, 5) is 10.5. The number of alkyl halides is 1. The lowest BCUT2D eigenvalue weighted by molar-refractivity contribution is -0.142. The fourth-order valence-corrected chi connectivity index (χ4v) is 1.08. The maximum Gasteiger partial charge on any atom is 0.306 e. The van der Waals surface area contributed by atoms with E-state index in [0.717, 1.165) is 6.42 Å². The molecule has 0 aliphatic rings. The summed E-state index contributed by atoms with van der Waals surface area (Å²) >= 11 is 0. The molecule has 0 aromatic heterocycles. The van der Waals surface area contributed by atoms with Gasteiger partial charge in [0.15, 0.2) is 0 Å². The van der Waals surface area contributed by atoms with E-state index in [2.05, 4.69) is 0 Å². The van der Waals surface area contributed by atoms with Gasteiger partial charge in [-0.2, -0.15) is 0 Å². The monoisotopic (exact) mass is 162 g/mol. The number of carbonyl (C=O) groups is 1. The smallest absolute Gasteiger partial charge is 0.306 e. The Bertz CT molecular complexity index is 123. The zero-order valence-electron chi connectivity index (χ0n) is 7.01. The van der Waals surface area contributed by atoms with Gasteiger partial charge in [-0.1, -0.05) is 13.3 Å². The summed E-state index contributed by atoms with van der Waals surface area (Å²) in [6, 6.07) is 0. The molecule has 0 heterocycles. The summed E-state index contributed by atoms with van der Waals surface area (Å²) in [6.07, 6.45) is 0.499. The first-order valence-electron chi connectivity index (χ1n) is 3.94. The van der Waals surface area contributed by atoms with E-state index in [-0.39, 0.29) is 6.42 Å². The third-order valence-corrected chi connectivity index (χ3v) is 1.60. The summed E-state index contributed by atoms with van der Waals surface area (Å²) in [7, 11) is 0. The zero-order valence-corrected chi connectivity index (χ0v) is 7.01. The average Bonchev–Trinajstić information content (AvgIpc) is 1.86. The minimum absolute atomic E-state index is 0.142. The number of halogens is 1. The van der Waals surface area contributed by atoms with Gasteiger partial charge in [0.25, 0.3) is 0 Å². The van der Waals surface area contributed by atoms with Crippen LogP contribution in [0, 0.1) is 5.92 Å². The van der Waals surface area contributed by atoms with Gasteiger partial charge in [-0.25, -0.2) is 4.39 Å². The fraction of sp³-hybridized carbons (Fsp3) is 0.875. The van der Waals surface area contributed by atoms with Gasteiger partial charge in [0.1, 0.15) is 0 Å². The third kappa shape index (κ3) is 4.76.